The number of hydrogen-bond acceptors (Lipinski definition) is 11. The molecule has 0 saturated carbocycles. The molecule has 0 unspecified atom stereocenters. The third-order valence-corrected chi connectivity index (χ3v) is 7.90. The van der Waals surface area contributed by atoms with Crippen LogP contribution in [-0.2, 0) is 19.2 Å². The molecule has 1 heterocycles. The molecule has 1 aliphatic carbocycles. The first kappa shape index (κ1) is 37.2. The highest BCUT2D eigenvalue weighted by Crippen LogP contribution is 2.45. The van der Waals surface area contributed by atoms with E-state index in [4.69, 9.17) is 13.9 Å². The zero-order chi connectivity index (χ0) is 38.4. The molecule has 0 radical (unpaired) electrons. The van der Waals surface area contributed by atoms with E-state index in [9.17, 15) is 54.3 Å². The quantitative estimate of drug-likeness (QED) is 0.0672. The molecular weight excluding hydrogens is 696 g/mol. The highest BCUT2D eigenvalue weighted by Gasteiger charge is 2.26. The van der Waals surface area contributed by atoms with E-state index in [2.05, 4.69) is 0 Å². The number of carboxylic acid groups (broad SMARTS) is 5. The van der Waals surface area contributed by atoms with Gasteiger partial charge in [0.15, 0.2) is 5.43 Å². The van der Waals surface area contributed by atoms with Crippen molar-refractivity contribution in [3.63, 3.8) is 0 Å². The fourth-order valence-corrected chi connectivity index (χ4v) is 5.83. The van der Waals surface area contributed by atoms with Crippen molar-refractivity contribution in [3.05, 3.63) is 94.1 Å². The molecule has 5 rings (SSSR count). The van der Waals surface area contributed by atoms with Crippen LogP contribution in [0.5, 0.6) is 11.5 Å². The van der Waals surface area contributed by atoms with Crippen LogP contribution in [0.3, 0.4) is 0 Å². The summed E-state index contributed by atoms with van der Waals surface area (Å²) in [5.41, 5.74) is 1.46. The van der Waals surface area contributed by atoms with Crippen molar-refractivity contribution in [2.24, 2.45) is 0 Å². The number of anilines is 2. The number of ether oxygens (including phenoxy) is 2. The Morgan fingerprint density at radius 2 is 1.21 bits per heavy atom. The van der Waals surface area contributed by atoms with Crippen molar-refractivity contribution in [2.75, 3.05) is 49.2 Å². The average molecular weight is 729 g/mol. The van der Waals surface area contributed by atoms with Crippen LogP contribution in [0.1, 0.15) is 15.9 Å². The van der Waals surface area contributed by atoms with E-state index < -0.39 is 61.5 Å². The van der Waals surface area contributed by atoms with Crippen LogP contribution < -0.4 is 24.7 Å². The van der Waals surface area contributed by atoms with Crippen molar-refractivity contribution in [2.45, 2.75) is 6.92 Å². The lowest BCUT2D eigenvalue weighted by Gasteiger charge is -2.26. The van der Waals surface area contributed by atoms with Gasteiger partial charge in [0.05, 0.1) is 16.9 Å². The minimum atomic E-state index is -1.36. The molecule has 1 aliphatic heterocycles. The monoisotopic (exact) mass is 728 g/mol. The largest absolute Gasteiger partial charge is 0.488 e. The number of hydrogen-bond donors (Lipinski definition) is 5. The maximum Gasteiger partial charge on any atom is 0.336 e. The van der Waals surface area contributed by atoms with E-state index >= 15 is 0 Å². The standard InChI is InChI=1S/C37H32N2O14/c1-20-6-9-26(38(16-32(41)42)17-33(43)44)30(12-20)51-10-11-52-31-14-25-29(15-27(31)39(18-34(45)46)19-35(47)48)53-28-13-21(40)7-8-24(28)36(25)22-4-2-3-5-23(22)37(49)50/h2-9,12-15H,10-11,16-19H2,1H3,(H,41,42)(H,43,44)(H,45,46)(H,47,48)(H,49,50). The molecular formula is C37H32N2O14. The first-order valence-electron chi connectivity index (χ1n) is 15.8. The molecule has 2 aliphatic rings. The number of aryl methyl sites for hydroxylation is 1. The topological polar surface area (TPSA) is 242 Å². The molecule has 0 amide bonds. The molecule has 0 spiro atoms. The molecule has 16 heteroatoms. The van der Waals surface area contributed by atoms with Crippen molar-refractivity contribution in [1.82, 2.24) is 0 Å². The molecule has 5 N–H and O–H groups in total. The van der Waals surface area contributed by atoms with Gasteiger partial charge < -0.3 is 49.2 Å². The number of aromatic carboxylic acids is 1. The number of carbonyl (C=O) groups is 5. The van der Waals surface area contributed by atoms with E-state index in [1.165, 1.54) is 42.5 Å². The molecule has 0 fully saturated rings. The highest BCUT2D eigenvalue weighted by atomic mass is 16.5. The molecule has 53 heavy (non-hydrogen) atoms. The number of carboxylic acids is 5. The van der Waals surface area contributed by atoms with Crippen LogP contribution in [0.2, 0.25) is 0 Å². The maximum atomic E-state index is 12.4. The van der Waals surface area contributed by atoms with Gasteiger partial charge in [0.1, 0.15) is 62.2 Å². The third-order valence-electron chi connectivity index (χ3n) is 7.90. The summed E-state index contributed by atoms with van der Waals surface area (Å²) in [7, 11) is 0. The van der Waals surface area contributed by atoms with Crippen LogP contribution in [0.15, 0.2) is 82.0 Å². The van der Waals surface area contributed by atoms with Gasteiger partial charge in [-0.15, -0.1) is 0 Å². The minimum Gasteiger partial charge on any atom is -0.488 e. The molecule has 0 aromatic heterocycles. The Hall–Kier alpha value is -7.10. The first-order chi connectivity index (χ1) is 25.2. The number of rotatable bonds is 17. The number of benzene rings is 4. The van der Waals surface area contributed by atoms with Crippen molar-refractivity contribution < 1.29 is 63.4 Å². The zero-order valence-electron chi connectivity index (χ0n) is 28.0. The lowest BCUT2D eigenvalue weighted by atomic mass is 9.90. The first-order valence-corrected chi connectivity index (χ1v) is 15.8. The number of nitrogens with zero attached hydrogens (tertiary/aromatic N) is 2. The normalized spacial score (nSPS) is 10.9. The van der Waals surface area contributed by atoms with Crippen LogP contribution in [0.4, 0.5) is 11.4 Å². The van der Waals surface area contributed by atoms with Gasteiger partial charge in [0.25, 0.3) is 0 Å². The van der Waals surface area contributed by atoms with Crippen LogP contribution in [0, 0.1) is 6.92 Å². The van der Waals surface area contributed by atoms with E-state index in [1.54, 1.807) is 37.3 Å². The predicted molar refractivity (Wildman–Crippen MR) is 189 cm³/mol. The molecule has 3 aromatic carbocycles. The number of aliphatic carboxylic acids is 4. The maximum absolute atomic E-state index is 12.4. The van der Waals surface area contributed by atoms with Crippen molar-refractivity contribution in [3.8, 4) is 33.9 Å². The zero-order valence-corrected chi connectivity index (χ0v) is 28.0. The van der Waals surface area contributed by atoms with Gasteiger partial charge in [0, 0.05) is 28.6 Å². The van der Waals surface area contributed by atoms with Crippen molar-refractivity contribution >= 4 is 52.2 Å². The second-order valence-electron chi connectivity index (χ2n) is 11.8. The summed E-state index contributed by atoms with van der Waals surface area (Å²) in [6, 6.07) is 17.7. The van der Waals surface area contributed by atoms with Gasteiger partial charge in [-0.3, -0.25) is 24.0 Å². The molecule has 16 nitrogen and oxygen atoms in total. The number of fused-ring (bicyclic) bond motifs is 2. The smallest absolute Gasteiger partial charge is 0.336 e. The van der Waals surface area contributed by atoms with Gasteiger partial charge >= 0.3 is 29.8 Å². The summed E-state index contributed by atoms with van der Waals surface area (Å²) in [5.74, 6) is -6.27. The Balaban J connectivity index is 1.63. The van der Waals surface area contributed by atoms with Gasteiger partial charge in [-0.25, -0.2) is 4.79 Å². The summed E-state index contributed by atoms with van der Waals surface area (Å²) in [6.07, 6.45) is 0. The third kappa shape index (κ3) is 8.80. The lowest BCUT2D eigenvalue weighted by molar-refractivity contribution is -0.138. The Bertz CT molecular complexity index is 2230. The molecule has 0 atom stereocenters. The predicted octanol–water partition coefficient (Wildman–Crippen LogP) is 3.98. The fraction of sp³-hybridized carbons (Fsp3) is 0.189. The van der Waals surface area contributed by atoms with Crippen molar-refractivity contribution in [1.29, 1.82) is 0 Å². The molecule has 0 bridgehead atoms. The Kier molecular flexibility index (Phi) is 11.1. The van der Waals surface area contributed by atoms with Gasteiger partial charge in [-0.1, -0.05) is 24.3 Å². The molecule has 3 aromatic rings. The Morgan fingerprint density at radius 1 is 0.642 bits per heavy atom. The summed E-state index contributed by atoms with van der Waals surface area (Å²) in [6.45, 7) is -1.50. The summed E-state index contributed by atoms with van der Waals surface area (Å²) < 4.78 is 18.1. The highest BCUT2D eigenvalue weighted by molar-refractivity contribution is 6.08. The molecule has 0 saturated heterocycles. The van der Waals surface area contributed by atoms with E-state index in [0.717, 1.165) is 15.4 Å². The minimum absolute atomic E-state index is 0.0218. The van der Waals surface area contributed by atoms with E-state index in [1.807, 2.05) is 0 Å². The second-order valence-corrected chi connectivity index (χ2v) is 11.8. The van der Waals surface area contributed by atoms with Gasteiger partial charge in [0.2, 0.25) is 0 Å². The summed E-state index contributed by atoms with van der Waals surface area (Å²) >= 11 is 0. The van der Waals surface area contributed by atoms with Gasteiger partial charge in [-0.2, -0.15) is 0 Å². The van der Waals surface area contributed by atoms with Gasteiger partial charge in [-0.05, 0) is 54.4 Å². The summed E-state index contributed by atoms with van der Waals surface area (Å²) in [4.78, 5) is 73.6. The van der Waals surface area contributed by atoms with Crippen LogP contribution >= 0.6 is 0 Å². The second kappa shape index (κ2) is 15.8. The average Bonchev–Trinajstić information content (AvgIpc) is 3.07. The SMILES string of the molecule is Cc1ccc(N(CC(=O)O)CC(=O)O)c(OCCOc2cc3c(-c4ccccc4C(=O)O)c4ccc(=O)cc-4oc3cc2N(CC(=O)O)CC(=O)O)c1. The summed E-state index contributed by atoms with van der Waals surface area (Å²) in [5, 5.41) is 48.4. The lowest BCUT2D eigenvalue weighted by Crippen LogP contribution is -2.35. The Labute approximate surface area is 299 Å². The molecule has 274 valence electrons. The van der Waals surface area contributed by atoms with E-state index in [0.29, 0.717) is 11.1 Å². The van der Waals surface area contributed by atoms with Crippen LogP contribution in [-0.4, -0.2) is 94.8 Å². The fourth-order valence-electron chi connectivity index (χ4n) is 5.83. The van der Waals surface area contributed by atoms with Crippen LogP contribution in [0.25, 0.3) is 33.4 Å². The van der Waals surface area contributed by atoms with E-state index in [-0.39, 0.29) is 63.9 Å². The Morgan fingerprint density at radius 3 is 1.79 bits per heavy atom.